The molecule has 4 heterocycles. The van der Waals surface area contributed by atoms with Crippen LogP contribution in [0.5, 0.6) is 0 Å². The van der Waals surface area contributed by atoms with Crippen molar-refractivity contribution in [3.05, 3.63) is 167 Å². The van der Waals surface area contributed by atoms with E-state index in [1.165, 1.54) is 6.08 Å². The van der Waals surface area contributed by atoms with Crippen LogP contribution in [0.4, 0.5) is 23.3 Å². The van der Waals surface area contributed by atoms with Crippen molar-refractivity contribution >= 4 is 103 Å². The van der Waals surface area contributed by atoms with Gasteiger partial charge in [0.05, 0.1) is 33.8 Å². The van der Waals surface area contributed by atoms with E-state index >= 15 is 0 Å². The van der Waals surface area contributed by atoms with Crippen molar-refractivity contribution in [2.75, 3.05) is 21.7 Å². The van der Waals surface area contributed by atoms with Gasteiger partial charge in [-0.25, -0.2) is 19.9 Å². The van der Waals surface area contributed by atoms with Crippen molar-refractivity contribution in [3.63, 3.8) is 0 Å². The molecule has 0 bridgehead atoms. The second kappa shape index (κ2) is 25.7. The third-order valence-electron chi connectivity index (χ3n) is 13.4. The molecule has 0 saturated heterocycles. The Labute approximate surface area is 461 Å². The Morgan fingerprint density at radius 1 is 0.610 bits per heavy atom. The summed E-state index contributed by atoms with van der Waals surface area (Å²) < 4.78 is 0. The van der Waals surface area contributed by atoms with Crippen molar-refractivity contribution in [1.29, 1.82) is 0 Å². The second-order valence-corrected chi connectivity index (χ2v) is 20.1. The zero-order valence-corrected chi connectivity index (χ0v) is 44.8. The lowest BCUT2D eigenvalue weighted by Crippen LogP contribution is -2.42. The average Bonchev–Trinajstić information content (AvgIpc) is 3.95. The summed E-state index contributed by atoms with van der Waals surface area (Å²) in [5.74, 6) is 0.543. The molecule has 2 aliphatic rings. The number of nitrogen functional groups attached to an aromatic ring is 1. The maximum atomic E-state index is 12.8. The first-order valence-electron chi connectivity index (χ1n) is 25.2. The molecule has 10 rings (SSSR count). The van der Waals surface area contributed by atoms with Crippen molar-refractivity contribution in [2.24, 2.45) is 0 Å². The molecular formula is C58H59Cl3N12O4. The summed E-state index contributed by atoms with van der Waals surface area (Å²) in [6.45, 7) is 10.6. The van der Waals surface area contributed by atoms with Gasteiger partial charge in [0.2, 0.25) is 23.0 Å². The normalized spacial score (nSPS) is 16.8. The molecule has 396 valence electrons. The zero-order valence-electron chi connectivity index (χ0n) is 42.6. The highest BCUT2D eigenvalue weighted by Gasteiger charge is 2.27. The van der Waals surface area contributed by atoms with Gasteiger partial charge in [-0.15, -0.1) is 0 Å². The van der Waals surface area contributed by atoms with Gasteiger partial charge in [0.15, 0.2) is 0 Å². The topological polar surface area (TPSA) is 238 Å². The first kappa shape index (κ1) is 55.2. The number of H-pyrrole nitrogens is 2. The number of aromatic nitrogens is 6. The Kier molecular flexibility index (Phi) is 18.4. The largest absolute Gasteiger partial charge is 0.399 e. The fourth-order valence-corrected chi connectivity index (χ4v) is 10.1. The predicted molar refractivity (Wildman–Crippen MR) is 310 cm³/mol. The van der Waals surface area contributed by atoms with Gasteiger partial charge < -0.3 is 42.3 Å². The van der Waals surface area contributed by atoms with E-state index in [0.29, 0.717) is 55.8 Å². The number of nitrogens with two attached hydrogens (primary N) is 1. The van der Waals surface area contributed by atoms with E-state index in [-0.39, 0.29) is 41.9 Å². The number of anilines is 4. The van der Waals surface area contributed by atoms with E-state index in [4.69, 9.17) is 50.5 Å². The number of halogens is 3. The summed E-state index contributed by atoms with van der Waals surface area (Å²) in [7, 11) is 0. The summed E-state index contributed by atoms with van der Waals surface area (Å²) in [5.41, 5.74) is 15.6. The molecule has 2 saturated carbocycles. The molecule has 0 aliphatic heterocycles. The lowest BCUT2D eigenvalue weighted by Gasteiger charge is -2.30. The molecule has 2 unspecified atom stereocenters. The Bertz CT molecular complexity index is 3430. The Morgan fingerprint density at radius 2 is 1.03 bits per heavy atom. The number of nitrogens with one attached hydrogen (secondary N) is 7. The van der Waals surface area contributed by atoms with Crippen LogP contribution in [0.3, 0.4) is 0 Å². The number of benzene rings is 4. The monoisotopic (exact) mass is 1090 g/mol. The number of fused-ring (bicyclic) bond motifs is 2. The summed E-state index contributed by atoms with van der Waals surface area (Å²) in [6, 6.07) is 30.4. The molecule has 8 aromatic rings. The molecule has 0 spiro atoms. The van der Waals surface area contributed by atoms with E-state index in [9.17, 15) is 19.2 Å². The quantitative estimate of drug-likeness (QED) is 0.0307. The molecule has 16 nitrogen and oxygen atoms in total. The maximum absolute atomic E-state index is 12.8. The first-order valence-corrected chi connectivity index (χ1v) is 26.4. The molecule has 0 radical (unpaired) electrons. The van der Waals surface area contributed by atoms with Crippen LogP contribution in [0.15, 0.2) is 135 Å². The standard InChI is InChI=1S/C29H29ClN6O2.C26H27ClN6O.C3H3ClO/c1-3-25(37)33-19-13-11-18(12-14-19)28(38)34-20-7-6-8-21(15-20)35-29-31-16-23(30)27(36-29)26-17(2)32-24-10-5-4-9-22(24)26;1-15-23(20-7-2-3-8-22(20)30-15)24-21(27)14-29-26(33-24)32-19-6-4-5-18(13-19)31-25(34)16-9-11-17(28)12-10-16;1-2-3(4)5/h3-5,9-14,16,20-21,32H,1,6-8,15H2,2H3,(H,33,37)(H,34,38)(H,31,35,36);2-3,7-12,14,18-19,30H,4-6,13,28H2,1H3,(H,31,34)(H,29,32,33);2H,1H2/t20-,21?;18-,19?;/m00./s1. The third kappa shape index (κ3) is 14.3. The van der Waals surface area contributed by atoms with Gasteiger partial charge in [0, 0.05) is 91.0 Å². The summed E-state index contributed by atoms with van der Waals surface area (Å²) in [4.78, 5) is 71.6. The number of hydrogen-bond acceptors (Lipinski definition) is 11. The molecule has 4 aromatic heterocycles. The van der Waals surface area contributed by atoms with Gasteiger partial charge in [-0.1, -0.05) is 72.8 Å². The number of amides is 3. The number of aryl methyl sites for hydroxylation is 2. The number of allylic oxidation sites excluding steroid dienone is 1. The van der Waals surface area contributed by atoms with Gasteiger partial charge in [0.25, 0.3) is 11.8 Å². The van der Waals surface area contributed by atoms with E-state index in [2.05, 4.69) is 71.8 Å². The van der Waals surface area contributed by atoms with Crippen LogP contribution in [0.25, 0.3) is 44.3 Å². The van der Waals surface area contributed by atoms with Crippen molar-refractivity contribution in [2.45, 2.75) is 89.4 Å². The Balaban J connectivity index is 0.000000188. The molecule has 77 heavy (non-hydrogen) atoms. The number of hydrogen-bond donors (Lipinski definition) is 8. The van der Waals surface area contributed by atoms with Crippen LogP contribution in [0.2, 0.25) is 10.0 Å². The minimum Gasteiger partial charge on any atom is -0.399 e. The van der Waals surface area contributed by atoms with Gasteiger partial charge >= 0.3 is 0 Å². The highest BCUT2D eigenvalue weighted by molar-refractivity contribution is 6.66. The first-order chi connectivity index (χ1) is 37.2. The fourth-order valence-electron chi connectivity index (χ4n) is 9.73. The van der Waals surface area contributed by atoms with Crippen LogP contribution in [-0.4, -0.2) is 77.0 Å². The molecule has 4 aromatic carbocycles. The number of carbonyl (C=O) groups is 4. The minimum atomic E-state index is -0.509. The van der Waals surface area contributed by atoms with E-state index in [1.54, 1.807) is 60.9 Å². The highest BCUT2D eigenvalue weighted by Crippen LogP contribution is 2.37. The van der Waals surface area contributed by atoms with Gasteiger partial charge in [-0.3, -0.25) is 19.2 Å². The van der Waals surface area contributed by atoms with Crippen molar-refractivity contribution in [1.82, 2.24) is 40.5 Å². The second-order valence-electron chi connectivity index (χ2n) is 18.9. The van der Waals surface area contributed by atoms with Crippen LogP contribution in [0.1, 0.15) is 83.5 Å². The van der Waals surface area contributed by atoms with Gasteiger partial charge in [-0.05, 0) is 150 Å². The number of para-hydroxylation sites is 2. The summed E-state index contributed by atoms with van der Waals surface area (Å²) >= 11 is 17.8. The molecule has 4 atom stereocenters. The van der Waals surface area contributed by atoms with Crippen molar-refractivity contribution < 1.29 is 19.2 Å². The highest BCUT2D eigenvalue weighted by atomic mass is 35.5. The average molecular weight is 1090 g/mol. The minimum absolute atomic E-state index is 0.0246. The molecule has 19 heteroatoms. The number of aromatic amines is 2. The number of rotatable bonds is 13. The van der Waals surface area contributed by atoms with E-state index in [1.807, 2.05) is 50.2 Å². The van der Waals surface area contributed by atoms with Crippen LogP contribution >= 0.6 is 34.8 Å². The molecule has 2 aliphatic carbocycles. The SMILES string of the molecule is C=CC(=O)Cl.C=CC(=O)Nc1ccc(C(=O)N[C@H]2CCCC(Nc3ncc(Cl)c(-c4c(C)[nH]c5ccccc45)n3)C2)cc1.Cc1[nH]c2ccccc2c1-c1nc(NC2CCC[C@H](NC(=O)c3ccc(N)cc3)C2)ncc1Cl. The van der Waals surface area contributed by atoms with Gasteiger partial charge in [-0.2, -0.15) is 0 Å². The lowest BCUT2D eigenvalue weighted by molar-refractivity contribution is -0.112. The smallest absolute Gasteiger partial charge is 0.251 e. The molecule has 3 amide bonds. The van der Waals surface area contributed by atoms with Crippen LogP contribution < -0.4 is 32.3 Å². The molecule has 9 N–H and O–H groups in total. The maximum Gasteiger partial charge on any atom is 0.251 e. The van der Waals surface area contributed by atoms with Crippen LogP contribution in [-0.2, 0) is 9.59 Å². The van der Waals surface area contributed by atoms with Gasteiger partial charge in [0.1, 0.15) is 0 Å². The summed E-state index contributed by atoms with van der Waals surface area (Å²) in [5, 5.41) is 18.5. The summed E-state index contributed by atoms with van der Waals surface area (Å²) in [6.07, 6.45) is 12.9. The fraction of sp³-hybridized carbons (Fsp3) is 0.241. The predicted octanol–water partition coefficient (Wildman–Crippen LogP) is 12.1. The third-order valence-corrected chi connectivity index (χ3v) is 14.1. The molecular weight excluding hydrogens is 1040 g/mol. The Hall–Kier alpha value is -8.05. The number of nitrogens with zero attached hydrogens (tertiary/aromatic N) is 4. The van der Waals surface area contributed by atoms with Crippen LogP contribution in [0, 0.1) is 13.8 Å². The zero-order chi connectivity index (χ0) is 54.6. The van der Waals surface area contributed by atoms with E-state index < -0.39 is 5.24 Å². The molecule has 2 fully saturated rings. The Morgan fingerprint density at radius 3 is 1.45 bits per heavy atom. The lowest BCUT2D eigenvalue weighted by atomic mass is 9.91. The number of carbonyl (C=O) groups excluding carboxylic acids is 4. The van der Waals surface area contributed by atoms with E-state index in [0.717, 1.165) is 102 Å². The van der Waals surface area contributed by atoms with Crippen molar-refractivity contribution in [3.8, 4) is 22.5 Å².